The molecule has 0 aliphatic carbocycles. The lowest BCUT2D eigenvalue weighted by Gasteiger charge is -2.36. The van der Waals surface area contributed by atoms with Gasteiger partial charge < -0.3 is 19.9 Å². The number of amides is 1. The van der Waals surface area contributed by atoms with Crippen molar-refractivity contribution in [3.8, 4) is 0 Å². The van der Waals surface area contributed by atoms with Crippen molar-refractivity contribution in [2.75, 3.05) is 6.61 Å². The monoisotopic (exact) mass is 273 g/mol. The Kier molecular flexibility index (Phi) is 6.07. The van der Waals surface area contributed by atoms with Crippen LogP contribution in [0.25, 0.3) is 0 Å². The Morgan fingerprint density at radius 3 is 2.63 bits per heavy atom. The first kappa shape index (κ1) is 16.2. The lowest BCUT2D eigenvalue weighted by molar-refractivity contribution is -0.0907. The number of nitrogens with one attached hydrogen (secondary N) is 1. The molecular formula is C14H27NO4. The molecule has 0 spiro atoms. The van der Waals surface area contributed by atoms with Gasteiger partial charge in [0.25, 0.3) is 0 Å². The van der Waals surface area contributed by atoms with Crippen LogP contribution in [-0.4, -0.2) is 41.7 Å². The molecule has 1 saturated heterocycles. The number of carbonyl (C=O) groups is 1. The maximum atomic E-state index is 11.8. The number of rotatable bonds is 4. The van der Waals surface area contributed by atoms with Crippen LogP contribution >= 0.6 is 0 Å². The van der Waals surface area contributed by atoms with Gasteiger partial charge in [0.1, 0.15) is 5.60 Å². The van der Waals surface area contributed by atoms with Crippen LogP contribution in [0.2, 0.25) is 0 Å². The van der Waals surface area contributed by atoms with E-state index in [0.717, 1.165) is 25.7 Å². The van der Waals surface area contributed by atoms with Crippen LogP contribution in [0.5, 0.6) is 0 Å². The predicted octanol–water partition coefficient (Wildman–Crippen LogP) is 2.22. The van der Waals surface area contributed by atoms with Crippen LogP contribution in [0.4, 0.5) is 4.79 Å². The molecule has 2 N–H and O–H groups in total. The minimum absolute atomic E-state index is 0.0300. The molecule has 1 aliphatic rings. The zero-order valence-corrected chi connectivity index (χ0v) is 12.4. The zero-order valence-electron chi connectivity index (χ0n) is 12.4. The van der Waals surface area contributed by atoms with Crippen molar-refractivity contribution in [2.24, 2.45) is 0 Å². The van der Waals surface area contributed by atoms with Crippen molar-refractivity contribution in [2.45, 2.75) is 77.2 Å². The van der Waals surface area contributed by atoms with Gasteiger partial charge in [-0.25, -0.2) is 4.79 Å². The molecule has 0 aromatic rings. The predicted molar refractivity (Wildman–Crippen MR) is 73.0 cm³/mol. The van der Waals surface area contributed by atoms with Crippen LogP contribution in [0.15, 0.2) is 0 Å². The topological polar surface area (TPSA) is 67.8 Å². The van der Waals surface area contributed by atoms with Gasteiger partial charge in [-0.05, 0) is 40.0 Å². The Morgan fingerprint density at radius 1 is 1.42 bits per heavy atom. The lowest BCUT2D eigenvalue weighted by atomic mass is 9.96. The van der Waals surface area contributed by atoms with Gasteiger partial charge in [0.15, 0.2) is 0 Å². The molecular weight excluding hydrogens is 246 g/mol. The number of aliphatic hydroxyl groups is 1. The van der Waals surface area contributed by atoms with Crippen LogP contribution in [-0.2, 0) is 9.47 Å². The lowest BCUT2D eigenvalue weighted by Crippen LogP contribution is -2.51. The van der Waals surface area contributed by atoms with Crippen molar-refractivity contribution in [1.82, 2.24) is 5.32 Å². The van der Waals surface area contributed by atoms with Crippen molar-refractivity contribution >= 4 is 6.09 Å². The first-order valence-electron chi connectivity index (χ1n) is 7.11. The average molecular weight is 273 g/mol. The SMILES string of the molecule is CCC[C@H]1O[C@H](CO)CC[C@@H]1NC(=O)OC(C)(C)C. The van der Waals surface area contributed by atoms with E-state index in [1.54, 1.807) is 0 Å². The summed E-state index contributed by atoms with van der Waals surface area (Å²) in [5.41, 5.74) is -0.493. The zero-order chi connectivity index (χ0) is 14.5. The molecule has 5 heteroatoms. The van der Waals surface area contributed by atoms with Crippen LogP contribution < -0.4 is 5.32 Å². The van der Waals surface area contributed by atoms with Gasteiger partial charge in [0, 0.05) is 0 Å². The Hall–Kier alpha value is -0.810. The molecule has 0 saturated carbocycles. The van der Waals surface area contributed by atoms with E-state index in [0.29, 0.717) is 0 Å². The van der Waals surface area contributed by atoms with E-state index in [1.807, 2.05) is 20.8 Å². The molecule has 1 fully saturated rings. The normalized spacial score (nSPS) is 27.9. The minimum atomic E-state index is -0.493. The molecule has 112 valence electrons. The van der Waals surface area contributed by atoms with Crippen molar-refractivity contribution in [3.05, 3.63) is 0 Å². The van der Waals surface area contributed by atoms with Gasteiger partial charge in [-0.15, -0.1) is 0 Å². The highest BCUT2D eigenvalue weighted by Crippen LogP contribution is 2.23. The minimum Gasteiger partial charge on any atom is -0.444 e. The number of ether oxygens (including phenoxy) is 2. The van der Waals surface area contributed by atoms with Gasteiger partial charge in [0.2, 0.25) is 0 Å². The fourth-order valence-corrected chi connectivity index (χ4v) is 2.27. The Bertz CT molecular complexity index is 288. The van der Waals surface area contributed by atoms with E-state index in [1.165, 1.54) is 0 Å². The molecule has 19 heavy (non-hydrogen) atoms. The third-order valence-corrected chi connectivity index (χ3v) is 3.09. The fraction of sp³-hybridized carbons (Fsp3) is 0.929. The molecule has 1 aliphatic heterocycles. The highest BCUT2D eigenvalue weighted by molar-refractivity contribution is 5.68. The summed E-state index contributed by atoms with van der Waals surface area (Å²) in [6.45, 7) is 7.65. The smallest absolute Gasteiger partial charge is 0.407 e. The largest absolute Gasteiger partial charge is 0.444 e. The van der Waals surface area contributed by atoms with E-state index in [9.17, 15) is 4.79 Å². The second-order valence-electron chi connectivity index (χ2n) is 6.10. The van der Waals surface area contributed by atoms with E-state index in [2.05, 4.69) is 12.2 Å². The Morgan fingerprint density at radius 2 is 2.11 bits per heavy atom. The van der Waals surface area contributed by atoms with Gasteiger partial charge in [-0.2, -0.15) is 0 Å². The van der Waals surface area contributed by atoms with Gasteiger partial charge in [-0.1, -0.05) is 13.3 Å². The first-order chi connectivity index (χ1) is 8.85. The van der Waals surface area contributed by atoms with Gasteiger partial charge >= 0.3 is 6.09 Å². The summed E-state index contributed by atoms with van der Waals surface area (Å²) in [6.07, 6.45) is 2.89. The summed E-state index contributed by atoms with van der Waals surface area (Å²) < 4.78 is 11.1. The fourth-order valence-electron chi connectivity index (χ4n) is 2.27. The summed E-state index contributed by atoms with van der Waals surface area (Å²) in [4.78, 5) is 11.8. The van der Waals surface area contributed by atoms with Crippen molar-refractivity contribution < 1.29 is 19.4 Å². The molecule has 0 radical (unpaired) electrons. The van der Waals surface area contributed by atoms with Gasteiger partial charge in [0.05, 0.1) is 24.9 Å². The molecule has 0 unspecified atom stereocenters. The van der Waals surface area contributed by atoms with E-state index >= 15 is 0 Å². The number of alkyl carbamates (subject to hydrolysis) is 1. The molecule has 1 amide bonds. The molecule has 3 atom stereocenters. The molecule has 1 rings (SSSR count). The summed E-state index contributed by atoms with van der Waals surface area (Å²) in [7, 11) is 0. The molecule has 0 aromatic carbocycles. The van der Waals surface area contributed by atoms with Crippen molar-refractivity contribution in [1.29, 1.82) is 0 Å². The van der Waals surface area contributed by atoms with Crippen molar-refractivity contribution in [3.63, 3.8) is 0 Å². The van der Waals surface area contributed by atoms with E-state index < -0.39 is 11.7 Å². The summed E-state index contributed by atoms with van der Waals surface area (Å²) in [6, 6.07) is -0.0300. The third kappa shape index (κ3) is 5.78. The number of hydrogen-bond acceptors (Lipinski definition) is 4. The highest BCUT2D eigenvalue weighted by atomic mass is 16.6. The summed E-state index contributed by atoms with van der Waals surface area (Å²) >= 11 is 0. The second kappa shape index (κ2) is 7.10. The Balaban J connectivity index is 2.52. The molecule has 1 heterocycles. The van der Waals surface area contributed by atoms with Crippen LogP contribution in [0.1, 0.15) is 53.4 Å². The van der Waals surface area contributed by atoms with E-state index in [-0.39, 0.29) is 24.9 Å². The summed E-state index contributed by atoms with van der Waals surface area (Å²) in [5, 5.41) is 12.0. The second-order valence-corrected chi connectivity index (χ2v) is 6.10. The van der Waals surface area contributed by atoms with Crippen LogP contribution in [0.3, 0.4) is 0 Å². The maximum Gasteiger partial charge on any atom is 0.407 e. The highest BCUT2D eigenvalue weighted by Gasteiger charge is 2.32. The molecule has 0 bridgehead atoms. The molecule has 5 nitrogen and oxygen atoms in total. The van der Waals surface area contributed by atoms with Crippen LogP contribution in [0, 0.1) is 0 Å². The number of aliphatic hydroxyl groups excluding tert-OH is 1. The van der Waals surface area contributed by atoms with Gasteiger partial charge in [-0.3, -0.25) is 0 Å². The van der Waals surface area contributed by atoms with E-state index in [4.69, 9.17) is 14.6 Å². The average Bonchev–Trinajstić information content (AvgIpc) is 2.29. The summed E-state index contributed by atoms with van der Waals surface area (Å²) in [5.74, 6) is 0. The first-order valence-corrected chi connectivity index (χ1v) is 7.11. The number of hydrogen-bond donors (Lipinski definition) is 2. The Labute approximate surface area is 115 Å². The maximum absolute atomic E-state index is 11.8. The number of carbonyl (C=O) groups excluding carboxylic acids is 1. The quantitative estimate of drug-likeness (QED) is 0.824. The standard InChI is InChI=1S/C14H27NO4/c1-5-6-12-11(8-7-10(9-16)18-12)15-13(17)19-14(2,3)4/h10-12,16H,5-9H2,1-4H3,(H,15,17)/t10-,11-,12+/m0/s1. The molecule has 0 aromatic heterocycles. The third-order valence-electron chi connectivity index (χ3n) is 3.09.